The molecule has 1 heterocycles. The molecular weight excluding hydrogens is 232 g/mol. The Kier molecular flexibility index (Phi) is 3.28. The van der Waals surface area contributed by atoms with Gasteiger partial charge in [0.05, 0.1) is 4.92 Å². The summed E-state index contributed by atoms with van der Waals surface area (Å²) in [5.74, 6) is 0.519. The van der Waals surface area contributed by atoms with E-state index in [9.17, 15) is 10.1 Å². The van der Waals surface area contributed by atoms with E-state index in [2.05, 4.69) is 17.3 Å². The zero-order valence-electron chi connectivity index (χ0n) is 11.2. The third kappa shape index (κ3) is 2.32. The Hall–Kier alpha value is -1.59. The predicted molar refractivity (Wildman–Crippen MR) is 69.7 cm³/mol. The lowest BCUT2D eigenvalue weighted by molar-refractivity contribution is -0.384. The lowest BCUT2D eigenvalue weighted by atomic mass is 9.89. The van der Waals surface area contributed by atoms with Gasteiger partial charge in [0.1, 0.15) is 5.69 Å². The summed E-state index contributed by atoms with van der Waals surface area (Å²) >= 11 is 0. The number of nitrogens with one attached hydrogen (secondary N) is 1. The largest absolute Gasteiger partial charge is 0.364 e. The first-order valence-electron chi connectivity index (χ1n) is 6.35. The van der Waals surface area contributed by atoms with Gasteiger partial charge in [0.15, 0.2) is 0 Å². The molecule has 0 radical (unpaired) electrons. The Labute approximate surface area is 107 Å². The number of hydrogen-bond donors (Lipinski definition) is 1. The van der Waals surface area contributed by atoms with Crippen LogP contribution in [0.25, 0.3) is 0 Å². The van der Waals surface area contributed by atoms with Crippen LogP contribution in [0.4, 0.5) is 11.5 Å². The highest BCUT2D eigenvalue weighted by Gasteiger charge is 2.31. The maximum absolute atomic E-state index is 11.0. The molecule has 1 saturated carbocycles. The van der Waals surface area contributed by atoms with Crippen molar-refractivity contribution in [2.45, 2.75) is 39.5 Å². The van der Waals surface area contributed by atoms with Crippen LogP contribution in [0.5, 0.6) is 0 Å². The summed E-state index contributed by atoms with van der Waals surface area (Å²) in [6.45, 7) is 4.68. The highest BCUT2D eigenvalue weighted by molar-refractivity contribution is 5.59. The minimum Gasteiger partial charge on any atom is -0.364 e. The molecule has 0 aliphatic heterocycles. The normalized spacial score (nSPS) is 17.9. The molecule has 6 nitrogen and oxygen atoms in total. The van der Waals surface area contributed by atoms with Crippen LogP contribution >= 0.6 is 0 Å². The van der Waals surface area contributed by atoms with E-state index in [0.717, 1.165) is 6.54 Å². The maximum atomic E-state index is 11.0. The topological polar surface area (TPSA) is 73.0 Å². The molecule has 1 aromatic heterocycles. The Morgan fingerprint density at radius 2 is 2.11 bits per heavy atom. The Bertz CT molecular complexity index is 461. The van der Waals surface area contributed by atoms with Gasteiger partial charge >= 0.3 is 5.69 Å². The average Bonchev–Trinajstić information content (AvgIpc) is 2.81. The first kappa shape index (κ1) is 12.9. The molecular formula is C12H20N4O2. The first-order valence-corrected chi connectivity index (χ1v) is 6.35. The maximum Gasteiger partial charge on any atom is 0.333 e. The van der Waals surface area contributed by atoms with Gasteiger partial charge in [-0.2, -0.15) is 5.10 Å². The monoisotopic (exact) mass is 252 g/mol. The van der Waals surface area contributed by atoms with Crippen molar-refractivity contribution >= 4 is 11.5 Å². The SMILES string of the molecule is Cc1nn(C)c(NCC2(C)CCCC2)c1[N+](=O)[O-]. The summed E-state index contributed by atoms with van der Waals surface area (Å²) in [5, 5.41) is 18.4. The van der Waals surface area contributed by atoms with Crippen LogP contribution in [-0.4, -0.2) is 21.2 Å². The summed E-state index contributed by atoms with van der Waals surface area (Å²) in [6, 6.07) is 0. The summed E-state index contributed by atoms with van der Waals surface area (Å²) in [7, 11) is 1.74. The molecule has 2 rings (SSSR count). The quantitative estimate of drug-likeness (QED) is 0.660. The minimum absolute atomic E-state index is 0.0964. The van der Waals surface area contributed by atoms with Gasteiger partial charge < -0.3 is 5.32 Å². The lowest BCUT2D eigenvalue weighted by Gasteiger charge is -2.23. The van der Waals surface area contributed by atoms with E-state index in [-0.39, 0.29) is 16.0 Å². The molecule has 0 atom stereocenters. The highest BCUT2D eigenvalue weighted by Crippen LogP contribution is 2.38. The summed E-state index contributed by atoms with van der Waals surface area (Å²) in [5.41, 5.74) is 0.812. The molecule has 6 heteroatoms. The predicted octanol–water partition coefficient (Wildman–Crippen LogP) is 2.63. The van der Waals surface area contributed by atoms with Crippen LogP contribution in [0.2, 0.25) is 0 Å². The van der Waals surface area contributed by atoms with Crippen LogP contribution in [0.15, 0.2) is 0 Å². The highest BCUT2D eigenvalue weighted by atomic mass is 16.6. The van der Waals surface area contributed by atoms with Gasteiger partial charge in [-0.05, 0) is 25.2 Å². The Morgan fingerprint density at radius 1 is 1.50 bits per heavy atom. The van der Waals surface area contributed by atoms with E-state index in [1.165, 1.54) is 25.7 Å². The Morgan fingerprint density at radius 3 is 2.67 bits per heavy atom. The molecule has 18 heavy (non-hydrogen) atoms. The van der Waals surface area contributed by atoms with Crippen molar-refractivity contribution in [2.75, 3.05) is 11.9 Å². The fourth-order valence-electron chi connectivity index (χ4n) is 2.77. The minimum atomic E-state index is -0.359. The second-order valence-electron chi connectivity index (χ2n) is 5.53. The summed E-state index contributed by atoms with van der Waals surface area (Å²) < 4.78 is 1.56. The molecule has 1 aliphatic carbocycles. The van der Waals surface area contributed by atoms with Gasteiger partial charge in [0.2, 0.25) is 5.82 Å². The number of aryl methyl sites for hydroxylation is 2. The van der Waals surface area contributed by atoms with Crippen molar-refractivity contribution in [3.05, 3.63) is 15.8 Å². The molecule has 0 bridgehead atoms. The molecule has 1 fully saturated rings. The zero-order valence-corrected chi connectivity index (χ0v) is 11.2. The second kappa shape index (κ2) is 4.59. The smallest absolute Gasteiger partial charge is 0.333 e. The van der Waals surface area contributed by atoms with Crippen LogP contribution < -0.4 is 5.32 Å². The molecule has 1 aliphatic rings. The molecule has 0 amide bonds. The fourth-order valence-corrected chi connectivity index (χ4v) is 2.77. The van der Waals surface area contributed by atoms with Crippen LogP contribution in [0, 0.1) is 22.5 Å². The van der Waals surface area contributed by atoms with Crippen molar-refractivity contribution in [1.29, 1.82) is 0 Å². The standard InChI is InChI=1S/C12H20N4O2/c1-9-10(16(17)18)11(15(3)14-9)13-8-12(2)6-4-5-7-12/h13H,4-8H2,1-3H3. The molecule has 0 saturated heterocycles. The number of aromatic nitrogens is 2. The average molecular weight is 252 g/mol. The van der Waals surface area contributed by atoms with Gasteiger partial charge in [-0.3, -0.25) is 10.1 Å². The molecule has 0 aromatic carbocycles. The zero-order chi connectivity index (χ0) is 13.3. The Balaban J connectivity index is 2.16. The van der Waals surface area contributed by atoms with Gasteiger partial charge in [0.25, 0.3) is 0 Å². The summed E-state index contributed by atoms with van der Waals surface area (Å²) in [4.78, 5) is 10.7. The van der Waals surface area contributed by atoms with Crippen molar-refractivity contribution in [2.24, 2.45) is 12.5 Å². The van der Waals surface area contributed by atoms with Crippen molar-refractivity contribution < 1.29 is 4.92 Å². The first-order chi connectivity index (χ1) is 8.43. The van der Waals surface area contributed by atoms with Gasteiger partial charge in [0, 0.05) is 13.6 Å². The van der Waals surface area contributed by atoms with E-state index >= 15 is 0 Å². The van der Waals surface area contributed by atoms with E-state index in [0.29, 0.717) is 11.5 Å². The van der Waals surface area contributed by atoms with Crippen molar-refractivity contribution in [3.63, 3.8) is 0 Å². The number of hydrogen-bond acceptors (Lipinski definition) is 4. The molecule has 1 N–H and O–H groups in total. The fraction of sp³-hybridized carbons (Fsp3) is 0.750. The van der Waals surface area contributed by atoms with Crippen molar-refractivity contribution in [1.82, 2.24) is 9.78 Å². The van der Waals surface area contributed by atoms with Crippen molar-refractivity contribution in [3.8, 4) is 0 Å². The lowest BCUT2D eigenvalue weighted by Crippen LogP contribution is -2.24. The number of anilines is 1. The van der Waals surface area contributed by atoms with E-state index in [4.69, 9.17) is 0 Å². The van der Waals surface area contributed by atoms with Gasteiger partial charge in [-0.25, -0.2) is 4.68 Å². The number of rotatable bonds is 4. The molecule has 0 spiro atoms. The van der Waals surface area contributed by atoms with Crippen LogP contribution in [-0.2, 0) is 7.05 Å². The third-order valence-corrected chi connectivity index (χ3v) is 3.87. The third-order valence-electron chi connectivity index (χ3n) is 3.87. The molecule has 0 unspecified atom stereocenters. The summed E-state index contributed by atoms with van der Waals surface area (Å²) in [6.07, 6.45) is 4.88. The van der Waals surface area contributed by atoms with Crippen LogP contribution in [0.3, 0.4) is 0 Å². The number of nitrogens with zero attached hydrogens (tertiary/aromatic N) is 3. The van der Waals surface area contributed by atoms with Gasteiger partial charge in [-0.1, -0.05) is 19.8 Å². The van der Waals surface area contributed by atoms with E-state index in [1.54, 1.807) is 18.7 Å². The molecule has 100 valence electrons. The van der Waals surface area contributed by atoms with Crippen LogP contribution in [0.1, 0.15) is 38.3 Å². The molecule has 1 aromatic rings. The number of nitro groups is 1. The van der Waals surface area contributed by atoms with E-state index in [1.807, 2.05) is 0 Å². The second-order valence-corrected chi connectivity index (χ2v) is 5.53. The van der Waals surface area contributed by atoms with Gasteiger partial charge in [-0.15, -0.1) is 0 Å². The van der Waals surface area contributed by atoms with E-state index < -0.39 is 0 Å².